The Morgan fingerprint density at radius 1 is 1.40 bits per heavy atom. The van der Waals surface area contributed by atoms with Gasteiger partial charge in [-0.05, 0) is 30.1 Å². The molecule has 1 heterocycles. The molecule has 0 fully saturated rings. The van der Waals surface area contributed by atoms with E-state index in [0.29, 0.717) is 25.5 Å². The number of hydrogen-bond acceptors (Lipinski definition) is 3. The number of nitrogens with one attached hydrogen (secondary N) is 1. The van der Waals surface area contributed by atoms with Crippen LogP contribution < -0.4 is 10.1 Å². The summed E-state index contributed by atoms with van der Waals surface area (Å²) in [6, 6.07) is 7.34. The Balaban J connectivity index is 1.97. The van der Waals surface area contributed by atoms with Crippen molar-refractivity contribution in [2.45, 2.75) is 26.3 Å². The van der Waals surface area contributed by atoms with E-state index < -0.39 is 12.0 Å². The maximum absolute atomic E-state index is 11.2. The van der Waals surface area contributed by atoms with Crippen molar-refractivity contribution in [3.63, 3.8) is 0 Å². The van der Waals surface area contributed by atoms with Gasteiger partial charge >= 0.3 is 5.97 Å². The third-order valence-electron chi connectivity index (χ3n) is 3.27. The molecule has 0 radical (unpaired) electrons. The van der Waals surface area contributed by atoms with Gasteiger partial charge in [0.1, 0.15) is 18.4 Å². The summed E-state index contributed by atoms with van der Waals surface area (Å²) < 4.78 is 5.65. The van der Waals surface area contributed by atoms with E-state index in [-0.39, 0.29) is 0 Å². The number of benzene rings is 1. The number of ether oxygens (including phenoxy) is 1. The summed E-state index contributed by atoms with van der Waals surface area (Å²) in [6.07, 6.45) is 2.69. The predicted molar refractivity (Wildman–Crippen MR) is 78.8 cm³/mol. The van der Waals surface area contributed by atoms with Gasteiger partial charge in [0.25, 0.3) is 0 Å². The largest absolute Gasteiger partial charge is 0.489 e. The zero-order chi connectivity index (χ0) is 14.5. The number of para-hydroxylation sites is 1. The molecular formula is C16H21NO3. The van der Waals surface area contributed by atoms with Crippen molar-refractivity contribution in [2.24, 2.45) is 5.92 Å². The van der Waals surface area contributed by atoms with Crippen LogP contribution in [0.3, 0.4) is 0 Å². The van der Waals surface area contributed by atoms with Gasteiger partial charge in [-0.25, -0.2) is 0 Å². The van der Waals surface area contributed by atoms with Crippen LogP contribution in [0.5, 0.6) is 5.75 Å². The molecule has 2 rings (SSSR count). The number of rotatable bonds is 6. The van der Waals surface area contributed by atoms with E-state index in [4.69, 9.17) is 4.74 Å². The monoisotopic (exact) mass is 275 g/mol. The van der Waals surface area contributed by atoms with E-state index in [1.165, 1.54) is 0 Å². The summed E-state index contributed by atoms with van der Waals surface area (Å²) in [5.74, 6) is 0.436. The molecule has 1 atom stereocenters. The van der Waals surface area contributed by atoms with Gasteiger partial charge in [-0.3, -0.25) is 4.79 Å². The molecular weight excluding hydrogens is 254 g/mol. The Morgan fingerprint density at radius 3 is 2.85 bits per heavy atom. The second kappa shape index (κ2) is 6.57. The van der Waals surface area contributed by atoms with Crippen LogP contribution in [0.25, 0.3) is 6.08 Å². The molecule has 0 amide bonds. The number of fused-ring (bicyclic) bond motifs is 1. The molecule has 4 heteroatoms. The highest BCUT2D eigenvalue weighted by Gasteiger charge is 2.19. The van der Waals surface area contributed by atoms with Crippen molar-refractivity contribution < 1.29 is 14.6 Å². The molecule has 0 aliphatic carbocycles. The van der Waals surface area contributed by atoms with Crippen LogP contribution in [0.4, 0.5) is 0 Å². The summed E-state index contributed by atoms with van der Waals surface area (Å²) in [7, 11) is 0. The lowest BCUT2D eigenvalue weighted by atomic mass is 10.0. The standard InChI is InChI=1S/C16H21NO3/c1-11(2)7-14(16(18)19)17-9-12-8-13-5-3-4-6-15(13)20-10-12/h3-6,8,11,14,17H,7,9-10H2,1-2H3,(H,18,19)/t14-/m0/s1. The van der Waals surface area contributed by atoms with Crippen molar-refractivity contribution in [3.8, 4) is 5.75 Å². The fourth-order valence-corrected chi connectivity index (χ4v) is 2.26. The molecule has 0 saturated heterocycles. The average Bonchev–Trinajstić information content (AvgIpc) is 2.42. The minimum absolute atomic E-state index is 0.348. The normalized spacial score (nSPS) is 15.2. The molecule has 20 heavy (non-hydrogen) atoms. The Hall–Kier alpha value is -1.81. The SMILES string of the molecule is CC(C)C[C@H](NCC1=Cc2ccccc2OC1)C(=O)O. The zero-order valence-corrected chi connectivity index (χ0v) is 11.9. The third-order valence-corrected chi connectivity index (χ3v) is 3.27. The Morgan fingerprint density at radius 2 is 2.15 bits per heavy atom. The van der Waals surface area contributed by atoms with Gasteiger partial charge in [-0.1, -0.05) is 32.0 Å². The Labute approximate surface area is 119 Å². The van der Waals surface area contributed by atoms with Gasteiger partial charge in [-0.2, -0.15) is 0 Å². The lowest BCUT2D eigenvalue weighted by Gasteiger charge is -2.21. The molecule has 4 nitrogen and oxygen atoms in total. The van der Waals surface area contributed by atoms with Crippen LogP contribution >= 0.6 is 0 Å². The van der Waals surface area contributed by atoms with Gasteiger partial charge in [0.15, 0.2) is 0 Å². The summed E-state index contributed by atoms with van der Waals surface area (Å²) in [5, 5.41) is 12.3. The summed E-state index contributed by atoms with van der Waals surface area (Å²) in [6.45, 7) is 5.10. The minimum Gasteiger partial charge on any atom is -0.489 e. The van der Waals surface area contributed by atoms with Crippen LogP contribution in [-0.4, -0.2) is 30.3 Å². The second-order valence-electron chi connectivity index (χ2n) is 5.53. The highest BCUT2D eigenvalue weighted by molar-refractivity contribution is 5.73. The highest BCUT2D eigenvalue weighted by Crippen LogP contribution is 2.25. The minimum atomic E-state index is -0.795. The van der Waals surface area contributed by atoms with Gasteiger partial charge in [0.2, 0.25) is 0 Å². The number of hydrogen-bond donors (Lipinski definition) is 2. The van der Waals surface area contributed by atoms with Crippen molar-refractivity contribution >= 4 is 12.0 Å². The molecule has 1 aliphatic rings. The first-order chi connectivity index (χ1) is 9.56. The van der Waals surface area contributed by atoms with Gasteiger partial charge in [-0.15, -0.1) is 0 Å². The molecule has 2 N–H and O–H groups in total. The lowest BCUT2D eigenvalue weighted by molar-refractivity contribution is -0.139. The first-order valence-electron chi connectivity index (χ1n) is 6.93. The lowest BCUT2D eigenvalue weighted by Crippen LogP contribution is -2.39. The Kier molecular flexibility index (Phi) is 4.79. The summed E-state index contributed by atoms with van der Waals surface area (Å²) in [4.78, 5) is 11.2. The van der Waals surface area contributed by atoms with Crippen LogP contribution in [0.1, 0.15) is 25.8 Å². The predicted octanol–water partition coefficient (Wildman–Crippen LogP) is 2.55. The smallest absolute Gasteiger partial charge is 0.320 e. The molecule has 1 aliphatic heterocycles. The number of carboxylic acid groups (broad SMARTS) is 1. The first kappa shape index (κ1) is 14.6. The van der Waals surface area contributed by atoms with E-state index in [2.05, 4.69) is 11.4 Å². The molecule has 0 spiro atoms. The maximum atomic E-state index is 11.2. The van der Waals surface area contributed by atoms with Crippen LogP contribution in [0.15, 0.2) is 29.8 Å². The van der Waals surface area contributed by atoms with Gasteiger partial charge in [0.05, 0.1) is 0 Å². The van der Waals surface area contributed by atoms with E-state index in [1.54, 1.807) is 0 Å². The van der Waals surface area contributed by atoms with Crippen molar-refractivity contribution in [1.29, 1.82) is 0 Å². The van der Waals surface area contributed by atoms with Crippen molar-refractivity contribution in [3.05, 3.63) is 35.4 Å². The number of carbonyl (C=O) groups is 1. The molecule has 0 unspecified atom stereocenters. The fourth-order valence-electron chi connectivity index (χ4n) is 2.26. The van der Waals surface area contributed by atoms with Gasteiger partial charge in [0, 0.05) is 12.1 Å². The van der Waals surface area contributed by atoms with Crippen molar-refractivity contribution in [2.75, 3.05) is 13.2 Å². The maximum Gasteiger partial charge on any atom is 0.320 e. The molecule has 0 aromatic heterocycles. The Bertz CT molecular complexity index is 508. The van der Waals surface area contributed by atoms with E-state index in [1.807, 2.05) is 38.1 Å². The van der Waals surface area contributed by atoms with E-state index in [9.17, 15) is 9.90 Å². The van der Waals surface area contributed by atoms with Crippen LogP contribution in [0.2, 0.25) is 0 Å². The van der Waals surface area contributed by atoms with Gasteiger partial charge < -0.3 is 15.2 Å². The molecule has 0 saturated carbocycles. The van der Waals surface area contributed by atoms with Crippen LogP contribution in [-0.2, 0) is 4.79 Å². The number of aliphatic carboxylic acids is 1. The quantitative estimate of drug-likeness (QED) is 0.837. The molecule has 1 aromatic carbocycles. The first-order valence-corrected chi connectivity index (χ1v) is 6.93. The number of carboxylic acids is 1. The van der Waals surface area contributed by atoms with Crippen LogP contribution in [0, 0.1) is 5.92 Å². The third kappa shape index (κ3) is 3.84. The average molecular weight is 275 g/mol. The molecule has 108 valence electrons. The van der Waals surface area contributed by atoms with Crippen molar-refractivity contribution in [1.82, 2.24) is 5.32 Å². The topological polar surface area (TPSA) is 58.6 Å². The zero-order valence-electron chi connectivity index (χ0n) is 11.9. The van der Waals surface area contributed by atoms with E-state index in [0.717, 1.165) is 16.9 Å². The second-order valence-corrected chi connectivity index (χ2v) is 5.53. The summed E-state index contributed by atoms with van der Waals surface area (Å²) in [5.41, 5.74) is 2.12. The van der Waals surface area contributed by atoms with E-state index >= 15 is 0 Å². The summed E-state index contributed by atoms with van der Waals surface area (Å²) >= 11 is 0. The fraction of sp³-hybridized carbons (Fsp3) is 0.438. The highest BCUT2D eigenvalue weighted by atomic mass is 16.5. The molecule has 0 bridgehead atoms. The molecule has 1 aromatic rings.